The van der Waals surface area contributed by atoms with E-state index in [1.807, 2.05) is 11.1 Å². The monoisotopic (exact) mass is 534 g/mol. The Balaban J connectivity index is 0.00000300. The van der Waals surface area contributed by atoms with Crippen molar-refractivity contribution in [2.45, 2.75) is 39.5 Å². The molecule has 2 aliphatic rings. The molecule has 0 aromatic carbocycles. The van der Waals surface area contributed by atoms with Crippen molar-refractivity contribution < 1.29 is 4.79 Å². The summed E-state index contributed by atoms with van der Waals surface area (Å²) in [5.74, 6) is 1.28. The molecule has 1 aromatic heterocycles. The minimum atomic E-state index is 0. The molecule has 2 aliphatic heterocycles. The molecule has 3 heterocycles. The molecule has 1 N–H and O–H groups in total. The summed E-state index contributed by atoms with van der Waals surface area (Å²) in [6, 6.07) is 0. The van der Waals surface area contributed by atoms with Crippen LogP contribution in [0.25, 0.3) is 0 Å². The molecular weight excluding hydrogens is 499 g/mol. The highest BCUT2D eigenvalue weighted by molar-refractivity contribution is 14.0. The molecular formula is C20H35IN6OS. The highest BCUT2D eigenvalue weighted by Gasteiger charge is 2.24. The molecule has 1 amide bonds. The van der Waals surface area contributed by atoms with Gasteiger partial charge < -0.3 is 15.1 Å². The number of halogens is 1. The Morgan fingerprint density at radius 1 is 1.14 bits per heavy atom. The summed E-state index contributed by atoms with van der Waals surface area (Å²) < 4.78 is 0. The van der Waals surface area contributed by atoms with E-state index in [9.17, 15) is 4.79 Å². The molecule has 0 saturated carbocycles. The zero-order valence-electron chi connectivity index (χ0n) is 17.7. The van der Waals surface area contributed by atoms with Gasteiger partial charge in [-0.25, -0.2) is 4.98 Å². The van der Waals surface area contributed by atoms with Crippen molar-refractivity contribution in [1.29, 1.82) is 0 Å². The van der Waals surface area contributed by atoms with Crippen LogP contribution in [0.15, 0.2) is 11.2 Å². The number of hydrogen-bond acceptors (Lipinski definition) is 5. The number of nitrogens with zero attached hydrogens (tertiary/aromatic N) is 5. The van der Waals surface area contributed by atoms with Crippen molar-refractivity contribution in [2.24, 2.45) is 4.99 Å². The molecule has 2 fully saturated rings. The van der Waals surface area contributed by atoms with E-state index in [4.69, 9.17) is 4.99 Å². The summed E-state index contributed by atoms with van der Waals surface area (Å²) >= 11 is 1.75. The number of carbonyl (C=O) groups is 1. The van der Waals surface area contributed by atoms with Gasteiger partial charge in [-0.05, 0) is 33.1 Å². The Morgan fingerprint density at radius 3 is 2.48 bits per heavy atom. The third-order valence-electron chi connectivity index (χ3n) is 5.33. The smallest absolute Gasteiger partial charge is 0.236 e. The van der Waals surface area contributed by atoms with Crippen molar-refractivity contribution in [2.75, 3.05) is 58.9 Å². The molecule has 1 aromatic rings. The summed E-state index contributed by atoms with van der Waals surface area (Å²) in [5, 5.41) is 4.57. The molecule has 0 bridgehead atoms. The first kappa shape index (κ1) is 24.3. The lowest BCUT2D eigenvalue weighted by Gasteiger charge is -2.37. The second-order valence-corrected chi connectivity index (χ2v) is 8.87. The molecule has 164 valence electrons. The van der Waals surface area contributed by atoms with Crippen molar-refractivity contribution in [3.63, 3.8) is 0 Å². The Morgan fingerprint density at radius 2 is 1.86 bits per heavy atom. The lowest BCUT2D eigenvalue weighted by atomic mass is 10.1. The van der Waals surface area contributed by atoms with Crippen molar-refractivity contribution in [3.8, 4) is 0 Å². The molecule has 3 rings (SSSR count). The fourth-order valence-corrected chi connectivity index (χ4v) is 4.53. The van der Waals surface area contributed by atoms with Crippen molar-refractivity contribution in [3.05, 3.63) is 16.1 Å². The van der Waals surface area contributed by atoms with Gasteiger partial charge in [0.2, 0.25) is 5.91 Å². The predicted octanol–water partition coefficient (Wildman–Crippen LogP) is 2.21. The largest absolute Gasteiger partial charge is 0.357 e. The van der Waals surface area contributed by atoms with Gasteiger partial charge in [0.15, 0.2) is 5.96 Å². The number of aliphatic imine (C=N–C) groups is 1. The maximum Gasteiger partial charge on any atom is 0.236 e. The van der Waals surface area contributed by atoms with Gasteiger partial charge in [-0.15, -0.1) is 35.3 Å². The van der Waals surface area contributed by atoms with Gasteiger partial charge in [0.1, 0.15) is 0 Å². The van der Waals surface area contributed by atoms with E-state index in [1.165, 1.54) is 11.3 Å². The standard InChI is InChI=1S/C20H34N6OS.HI/c1-3-21-20(22-8-7-18-23-15-17(2)28-18)26-13-11-24(12-14-26)16-19(27)25-9-5-4-6-10-25;/h15H,3-14,16H2,1-2H3,(H,21,22);1H. The first-order valence-corrected chi connectivity index (χ1v) is 11.4. The number of aromatic nitrogens is 1. The average molecular weight is 535 g/mol. The Labute approximate surface area is 196 Å². The van der Waals surface area contributed by atoms with Gasteiger partial charge in [0.25, 0.3) is 0 Å². The molecule has 7 nitrogen and oxygen atoms in total. The minimum Gasteiger partial charge on any atom is -0.357 e. The van der Waals surface area contributed by atoms with E-state index in [0.717, 1.165) is 82.6 Å². The van der Waals surface area contributed by atoms with Crippen LogP contribution in [-0.4, -0.2) is 90.5 Å². The molecule has 0 radical (unpaired) electrons. The van der Waals surface area contributed by atoms with Crippen LogP contribution in [-0.2, 0) is 11.2 Å². The number of aryl methyl sites for hydroxylation is 1. The lowest BCUT2D eigenvalue weighted by molar-refractivity contribution is -0.133. The molecule has 9 heteroatoms. The number of guanidine groups is 1. The van der Waals surface area contributed by atoms with Crippen LogP contribution in [0.3, 0.4) is 0 Å². The van der Waals surface area contributed by atoms with Crippen LogP contribution < -0.4 is 5.32 Å². The summed E-state index contributed by atoms with van der Waals surface area (Å²) in [4.78, 5) is 29.6. The highest BCUT2D eigenvalue weighted by Crippen LogP contribution is 2.12. The number of rotatable bonds is 6. The van der Waals surface area contributed by atoms with Gasteiger partial charge in [-0.1, -0.05) is 0 Å². The van der Waals surface area contributed by atoms with Crippen molar-refractivity contribution in [1.82, 2.24) is 25.0 Å². The summed E-state index contributed by atoms with van der Waals surface area (Å²) in [7, 11) is 0. The second kappa shape index (κ2) is 12.7. The zero-order chi connectivity index (χ0) is 19.8. The van der Waals surface area contributed by atoms with Crippen LogP contribution >= 0.6 is 35.3 Å². The summed E-state index contributed by atoms with van der Waals surface area (Å²) in [6.07, 6.45) is 6.39. The average Bonchev–Trinajstić information content (AvgIpc) is 3.14. The molecule has 0 unspecified atom stereocenters. The van der Waals surface area contributed by atoms with Crippen LogP contribution in [0.5, 0.6) is 0 Å². The van der Waals surface area contributed by atoms with Crippen LogP contribution in [0.1, 0.15) is 36.1 Å². The van der Waals surface area contributed by atoms with E-state index in [-0.39, 0.29) is 24.0 Å². The van der Waals surface area contributed by atoms with Gasteiger partial charge >= 0.3 is 0 Å². The predicted molar refractivity (Wildman–Crippen MR) is 130 cm³/mol. The van der Waals surface area contributed by atoms with E-state index in [0.29, 0.717) is 12.5 Å². The Kier molecular flexibility index (Phi) is 10.6. The van der Waals surface area contributed by atoms with E-state index in [2.05, 4.69) is 33.9 Å². The molecule has 0 aliphatic carbocycles. The number of piperazine rings is 1. The fourth-order valence-electron chi connectivity index (χ4n) is 3.75. The molecule has 0 spiro atoms. The highest BCUT2D eigenvalue weighted by atomic mass is 127. The quantitative estimate of drug-likeness (QED) is 0.345. The SMILES string of the molecule is CCNC(=NCCc1ncc(C)s1)N1CCN(CC(=O)N2CCCCC2)CC1.I. The van der Waals surface area contributed by atoms with Crippen LogP contribution in [0, 0.1) is 6.92 Å². The third kappa shape index (κ3) is 7.67. The van der Waals surface area contributed by atoms with E-state index < -0.39 is 0 Å². The number of carbonyl (C=O) groups excluding carboxylic acids is 1. The molecule has 2 saturated heterocycles. The van der Waals surface area contributed by atoms with Crippen LogP contribution in [0.4, 0.5) is 0 Å². The van der Waals surface area contributed by atoms with Crippen LogP contribution in [0.2, 0.25) is 0 Å². The number of thiazole rings is 1. The zero-order valence-corrected chi connectivity index (χ0v) is 20.9. The lowest BCUT2D eigenvalue weighted by Crippen LogP contribution is -2.54. The van der Waals surface area contributed by atoms with Gasteiger partial charge in [-0.2, -0.15) is 0 Å². The molecule has 0 atom stereocenters. The first-order valence-electron chi connectivity index (χ1n) is 10.6. The number of likely N-dealkylation sites (tertiary alicyclic amines) is 1. The fraction of sp³-hybridized carbons (Fsp3) is 0.750. The van der Waals surface area contributed by atoms with E-state index in [1.54, 1.807) is 11.3 Å². The van der Waals surface area contributed by atoms with Gasteiger partial charge in [0.05, 0.1) is 11.6 Å². The number of nitrogens with one attached hydrogen (secondary N) is 1. The number of amides is 1. The van der Waals surface area contributed by atoms with Gasteiger partial charge in [0, 0.05) is 69.9 Å². The number of piperidine rings is 1. The third-order valence-corrected chi connectivity index (χ3v) is 6.30. The van der Waals surface area contributed by atoms with E-state index >= 15 is 0 Å². The van der Waals surface area contributed by atoms with Gasteiger partial charge in [-0.3, -0.25) is 14.7 Å². The normalized spacial score (nSPS) is 18.5. The minimum absolute atomic E-state index is 0. The first-order chi connectivity index (χ1) is 13.7. The second-order valence-electron chi connectivity index (χ2n) is 7.55. The topological polar surface area (TPSA) is 64.1 Å². The maximum atomic E-state index is 12.5. The molecule has 29 heavy (non-hydrogen) atoms. The Bertz CT molecular complexity index is 653. The Hall–Kier alpha value is -0.940. The summed E-state index contributed by atoms with van der Waals surface area (Å²) in [5.41, 5.74) is 0. The van der Waals surface area contributed by atoms with Crippen molar-refractivity contribution >= 4 is 47.2 Å². The summed E-state index contributed by atoms with van der Waals surface area (Å²) in [6.45, 7) is 11.9. The maximum absolute atomic E-state index is 12.5. The number of hydrogen-bond donors (Lipinski definition) is 1.